The summed E-state index contributed by atoms with van der Waals surface area (Å²) in [6, 6.07) is 3.19. The zero-order valence-electron chi connectivity index (χ0n) is 10.4. The summed E-state index contributed by atoms with van der Waals surface area (Å²) in [6.45, 7) is 1.69. The van der Waals surface area contributed by atoms with E-state index < -0.39 is 28.8 Å². The molecular formula is C13H10ClF2N3O. The third-order valence-corrected chi connectivity index (χ3v) is 2.95. The summed E-state index contributed by atoms with van der Waals surface area (Å²) in [5.74, 6) is -2.64. The number of benzene rings is 1. The van der Waals surface area contributed by atoms with Gasteiger partial charge in [-0.15, -0.1) is 0 Å². The maximum absolute atomic E-state index is 13.7. The average molecular weight is 298 g/mol. The highest BCUT2D eigenvalue weighted by molar-refractivity contribution is 6.32. The minimum absolute atomic E-state index is 0.0585. The van der Waals surface area contributed by atoms with Crippen LogP contribution >= 0.6 is 11.6 Å². The van der Waals surface area contributed by atoms with Crippen LogP contribution in [0.3, 0.4) is 0 Å². The number of carbonyl (C=O) groups excluding carboxylic acids is 1. The number of carbonyl (C=O) groups is 1. The summed E-state index contributed by atoms with van der Waals surface area (Å²) in [6.07, 6.45) is 1.47. The minimum atomic E-state index is -0.985. The molecule has 0 fully saturated rings. The Labute approximate surface area is 118 Å². The number of halogens is 3. The molecule has 1 amide bonds. The van der Waals surface area contributed by atoms with Gasteiger partial charge in [-0.25, -0.2) is 13.8 Å². The highest BCUT2D eigenvalue weighted by atomic mass is 35.5. The van der Waals surface area contributed by atoms with Gasteiger partial charge in [0.25, 0.3) is 5.91 Å². The van der Waals surface area contributed by atoms with Crippen LogP contribution in [0.2, 0.25) is 5.15 Å². The summed E-state index contributed by atoms with van der Waals surface area (Å²) in [5.41, 5.74) is 5.22. The van der Waals surface area contributed by atoms with Gasteiger partial charge in [-0.2, -0.15) is 0 Å². The number of pyridine rings is 1. The summed E-state index contributed by atoms with van der Waals surface area (Å²) in [7, 11) is 0. The molecule has 4 nitrogen and oxygen atoms in total. The second-order valence-electron chi connectivity index (χ2n) is 4.10. The van der Waals surface area contributed by atoms with Crippen LogP contribution in [0.5, 0.6) is 0 Å². The number of rotatable bonds is 2. The Hall–Kier alpha value is -2.21. The number of aryl methyl sites for hydroxylation is 1. The minimum Gasteiger partial charge on any atom is -0.396 e. The van der Waals surface area contributed by atoms with E-state index in [9.17, 15) is 13.6 Å². The highest BCUT2D eigenvalue weighted by Crippen LogP contribution is 2.25. The number of nitrogens with one attached hydrogen (secondary N) is 1. The van der Waals surface area contributed by atoms with Gasteiger partial charge < -0.3 is 11.1 Å². The van der Waals surface area contributed by atoms with E-state index in [0.29, 0.717) is 5.56 Å². The Balaban J connectivity index is 2.39. The molecule has 3 N–H and O–H groups in total. The Morgan fingerprint density at radius 3 is 2.75 bits per heavy atom. The Bertz CT molecular complexity index is 671. The molecule has 0 saturated heterocycles. The Kier molecular flexibility index (Phi) is 3.85. The maximum atomic E-state index is 13.7. The molecule has 104 valence electrons. The number of nitrogens with zero attached hydrogens (tertiary/aromatic N) is 1. The van der Waals surface area contributed by atoms with Gasteiger partial charge in [0.1, 0.15) is 5.82 Å². The molecule has 0 unspecified atom stereocenters. The smallest absolute Gasteiger partial charge is 0.258 e. The van der Waals surface area contributed by atoms with E-state index in [4.69, 9.17) is 17.3 Å². The second kappa shape index (κ2) is 5.42. The van der Waals surface area contributed by atoms with Crippen molar-refractivity contribution < 1.29 is 13.6 Å². The van der Waals surface area contributed by atoms with Crippen LogP contribution < -0.4 is 11.1 Å². The van der Waals surface area contributed by atoms with Crippen molar-refractivity contribution in [1.29, 1.82) is 0 Å². The molecule has 0 saturated carbocycles. The summed E-state index contributed by atoms with van der Waals surface area (Å²) >= 11 is 5.85. The summed E-state index contributed by atoms with van der Waals surface area (Å²) < 4.78 is 26.9. The Morgan fingerprint density at radius 1 is 1.40 bits per heavy atom. The van der Waals surface area contributed by atoms with Gasteiger partial charge in [-0.05, 0) is 30.7 Å². The lowest BCUT2D eigenvalue weighted by Crippen LogP contribution is -2.16. The van der Waals surface area contributed by atoms with Gasteiger partial charge in [0.2, 0.25) is 0 Å². The molecular weight excluding hydrogens is 288 g/mol. The van der Waals surface area contributed by atoms with Crippen molar-refractivity contribution in [3.63, 3.8) is 0 Å². The zero-order chi connectivity index (χ0) is 14.9. The third-order valence-electron chi connectivity index (χ3n) is 2.66. The number of aromatic nitrogens is 1. The van der Waals surface area contributed by atoms with Crippen LogP contribution in [-0.4, -0.2) is 10.9 Å². The zero-order valence-corrected chi connectivity index (χ0v) is 11.1. The molecule has 2 rings (SSSR count). The van der Waals surface area contributed by atoms with Gasteiger partial charge in [-0.1, -0.05) is 11.6 Å². The molecule has 2 aromatic rings. The summed E-state index contributed by atoms with van der Waals surface area (Å²) in [4.78, 5) is 15.8. The van der Waals surface area contributed by atoms with Crippen LogP contribution in [0.4, 0.5) is 20.2 Å². The van der Waals surface area contributed by atoms with E-state index in [2.05, 4.69) is 10.3 Å². The molecule has 0 aliphatic rings. The molecule has 0 aliphatic heterocycles. The fraction of sp³-hybridized carbons (Fsp3) is 0.0769. The second-order valence-corrected chi connectivity index (χ2v) is 4.46. The van der Waals surface area contributed by atoms with Crippen molar-refractivity contribution in [2.75, 3.05) is 11.1 Å². The van der Waals surface area contributed by atoms with Crippen LogP contribution in [0.15, 0.2) is 24.4 Å². The Morgan fingerprint density at radius 2 is 2.10 bits per heavy atom. The van der Waals surface area contributed by atoms with Crippen molar-refractivity contribution in [1.82, 2.24) is 4.98 Å². The van der Waals surface area contributed by atoms with Crippen LogP contribution in [0.1, 0.15) is 15.9 Å². The van der Waals surface area contributed by atoms with Gasteiger partial charge in [0.15, 0.2) is 11.0 Å². The summed E-state index contributed by atoms with van der Waals surface area (Å²) in [5, 5.41) is 2.45. The predicted molar refractivity (Wildman–Crippen MR) is 72.7 cm³/mol. The number of anilines is 2. The number of nitrogens with two attached hydrogens (primary N) is 1. The van der Waals surface area contributed by atoms with E-state index in [-0.39, 0.29) is 10.8 Å². The van der Waals surface area contributed by atoms with Crippen LogP contribution in [0, 0.1) is 18.6 Å². The van der Waals surface area contributed by atoms with Crippen LogP contribution in [-0.2, 0) is 0 Å². The topological polar surface area (TPSA) is 68.0 Å². The van der Waals surface area contributed by atoms with E-state index in [1.165, 1.54) is 6.20 Å². The monoisotopic (exact) mass is 297 g/mol. The maximum Gasteiger partial charge on any atom is 0.258 e. The molecule has 1 aromatic carbocycles. The number of hydrogen-bond acceptors (Lipinski definition) is 3. The molecule has 20 heavy (non-hydrogen) atoms. The SMILES string of the molecule is Cc1ccnc(Cl)c1NC(=O)c1cc(F)cc(N)c1F. The van der Waals surface area contributed by atoms with Crippen molar-refractivity contribution in [3.8, 4) is 0 Å². The molecule has 0 bridgehead atoms. The van der Waals surface area contributed by atoms with Crippen LogP contribution in [0.25, 0.3) is 0 Å². The van der Waals surface area contributed by atoms with Crippen molar-refractivity contribution in [3.05, 3.63) is 52.3 Å². The standard InChI is InChI=1S/C13H10ClF2N3O/c1-6-2-3-18-12(14)11(6)19-13(20)8-4-7(15)5-9(17)10(8)16/h2-5H,17H2,1H3,(H,19,20). The molecule has 0 atom stereocenters. The largest absolute Gasteiger partial charge is 0.396 e. The predicted octanol–water partition coefficient (Wildman–Crippen LogP) is 3.16. The average Bonchev–Trinajstić information content (AvgIpc) is 2.38. The first-order valence-electron chi connectivity index (χ1n) is 5.57. The molecule has 7 heteroatoms. The van der Waals surface area contributed by atoms with Gasteiger partial charge in [0.05, 0.1) is 16.9 Å². The first kappa shape index (κ1) is 14.2. The lowest BCUT2D eigenvalue weighted by molar-refractivity contribution is 0.102. The fourth-order valence-electron chi connectivity index (χ4n) is 1.63. The van der Waals surface area contributed by atoms with Crippen molar-refractivity contribution >= 4 is 28.9 Å². The van der Waals surface area contributed by atoms with E-state index >= 15 is 0 Å². The highest BCUT2D eigenvalue weighted by Gasteiger charge is 2.18. The van der Waals surface area contributed by atoms with Gasteiger partial charge >= 0.3 is 0 Å². The van der Waals surface area contributed by atoms with E-state index in [1.807, 2.05) is 0 Å². The number of hydrogen-bond donors (Lipinski definition) is 2. The van der Waals surface area contributed by atoms with Gasteiger partial charge in [0, 0.05) is 6.20 Å². The normalized spacial score (nSPS) is 10.4. The first-order chi connectivity index (χ1) is 9.40. The van der Waals surface area contributed by atoms with E-state index in [1.54, 1.807) is 13.0 Å². The molecule has 1 aromatic heterocycles. The molecule has 0 radical (unpaired) electrons. The molecule has 0 aliphatic carbocycles. The number of nitrogen functional groups attached to an aromatic ring is 1. The van der Waals surface area contributed by atoms with Crippen molar-refractivity contribution in [2.45, 2.75) is 6.92 Å². The molecule has 1 heterocycles. The lowest BCUT2D eigenvalue weighted by atomic mass is 10.1. The fourth-order valence-corrected chi connectivity index (χ4v) is 1.88. The first-order valence-corrected chi connectivity index (χ1v) is 5.95. The van der Waals surface area contributed by atoms with Gasteiger partial charge in [-0.3, -0.25) is 4.79 Å². The number of amides is 1. The third kappa shape index (κ3) is 2.70. The quantitative estimate of drug-likeness (QED) is 0.661. The van der Waals surface area contributed by atoms with E-state index in [0.717, 1.165) is 12.1 Å². The van der Waals surface area contributed by atoms with Crippen molar-refractivity contribution in [2.24, 2.45) is 0 Å². The lowest BCUT2D eigenvalue weighted by Gasteiger charge is -2.10. The molecule has 0 spiro atoms.